The first kappa shape index (κ1) is 19.5. The highest BCUT2D eigenvalue weighted by molar-refractivity contribution is 6.65. The van der Waals surface area contributed by atoms with Gasteiger partial charge < -0.3 is 14.5 Å². The number of amidine groups is 2. The second-order valence-corrected chi connectivity index (χ2v) is 6.65. The summed E-state index contributed by atoms with van der Waals surface area (Å²) >= 11 is 5.96. The lowest BCUT2D eigenvalue weighted by Crippen LogP contribution is -2.51. The fourth-order valence-electron chi connectivity index (χ4n) is 2.19. The Morgan fingerprint density at radius 3 is 2.30 bits per heavy atom. The lowest BCUT2D eigenvalue weighted by Gasteiger charge is -2.37. The molecule has 0 saturated carbocycles. The van der Waals surface area contributed by atoms with Crippen molar-refractivity contribution < 1.29 is 9.53 Å². The lowest BCUT2D eigenvalue weighted by molar-refractivity contribution is 0.0186. The molecule has 0 unspecified atom stereocenters. The lowest BCUT2D eigenvalue weighted by atomic mass is 10.2. The zero-order valence-electron chi connectivity index (χ0n) is 14.5. The van der Waals surface area contributed by atoms with Crippen molar-refractivity contribution in [2.24, 2.45) is 9.98 Å². The van der Waals surface area contributed by atoms with E-state index in [9.17, 15) is 4.79 Å². The largest absolute Gasteiger partial charge is 0.444 e. The maximum atomic E-state index is 12.1. The topological polar surface area (TPSA) is 57.5 Å². The molecule has 1 fully saturated rings. The Morgan fingerprint density at radius 2 is 1.83 bits per heavy atom. The summed E-state index contributed by atoms with van der Waals surface area (Å²) in [6.07, 6.45) is 2.88. The van der Waals surface area contributed by atoms with Crippen molar-refractivity contribution in [1.29, 1.82) is 0 Å². The van der Waals surface area contributed by atoms with Crippen molar-refractivity contribution in [1.82, 2.24) is 9.80 Å². The van der Waals surface area contributed by atoms with Crippen LogP contribution in [0, 0.1) is 0 Å². The second-order valence-electron chi connectivity index (χ2n) is 6.31. The molecule has 1 aliphatic rings. The Hall–Kier alpha value is -1.56. The van der Waals surface area contributed by atoms with E-state index in [1.807, 2.05) is 20.8 Å². The van der Waals surface area contributed by atoms with Gasteiger partial charge >= 0.3 is 6.09 Å². The summed E-state index contributed by atoms with van der Waals surface area (Å²) < 4.78 is 5.40. The highest BCUT2D eigenvalue weighted by atomic mass is 35.5. The van der Waals surface area contributed by atoms with E-state index in [1.54, 1.807) is 4.90 Å². The van der Waals surface area contributed by atoms with E-state index in [0.717, 1.165) is 18.7 Å². The van der Waals surface area contributed by atoms with Crippen molar-refractivity contribution >= 4 is 28.8 Å². The average Bonchev–Trinajstić information content (AvgIpc) is 2.45. The molecule has 0 aromatic rings. The molecule has 0 aliphatic carbocycles. The van der Waals surface area contributed by atoms with Crippen LogP contribution in [0.15, 0.2) is 22.8 Å². The molecule has 6 nitrogen and oxygen atoms in total. The molecular weight excluding hydrogens is 316 g/mol. The van der Waals surface area contributed by atoms with E-state index >= 15 is 0 Å². The standard InChI is InChI=1S/C16H27ClN4O2/c1-6-8-13(19-14(17)18-7-2)20-9-11-21(12-10-20)15(22)23-16(3,4)5/h7H,2,6,8-12H2,1,3-5H3/b18-14?,19-13+. The third-order valence-electron chi connectivity index (χ3n) is 3.19. The van der Waals surface area contributed by atoms with Gasteiger partial charge in [-0.3, -0.25) is 0 Å². The summed E-state index contributed by atoms with van der Waals surface area (Å²) in [6, 6.07) is 0. The molecule has 23 heavy (non-hydrogen) atoms. The number of hydrogen-bond donors (Lipinski definition) is 0. The Labute approximate surface area is 143 Å². The highest BCUT2D eigenvalue weighted by Gasteiger charge is 2.26. The van der Waals surface area contributed by atoms with E-state index in [-0.39, 0.29) is 11.4 Å². The number of hydrogen-bond acceptors (Lipinski definition) is 3. The van der Waals surface area contributed by atoms with Crippen LogP contribution in [0.5, 0.6) is 0 Å². The van der Waals surface area contributed by atoms with Crippen LogP contribution in [0.3, 0.4) is 0 Å². The first-order chi connectivity index (χ1) is 10.8. The Kier molecular flexibility index (Phi) is 7.55. The quantitative estimate of drug-likeness (QED) is 0.448. The van der Waals surface area contributed by atoms with Gasteiger partial charge in [0, 0.05) is 38.8 Å². The molecule has 0 radical (unpaired) electrons. The maximum Gasteiger partial charge on any atom is 0.410 e. The monoisotopic (exact) mass is 342 g/mol. The molecule has 1 aliphatic heterocycles. The maximum absolute atomic E-state index is 12.1. The van der Waals surface area contributed by atoms with Crippen LogP contribution in [0.2, 0.25) is 0 Å². The molecule has 1 saturated heterocycles. The van der Waals surface area contributed by atoms with Crippen LogP contribution in [0.4, 0.5) is 4.79 Å². The minimum absolute atomic E-state index is 0.179. The van der Waals surface area contributed by atoms with Crippen LogP contribution in [0.25, 0.3) is 0 Å². The van der Waals surface area contributed by atoms with Crippen molar-refractivity contribution in [3.05, 3.63) is 12.8 Å². The number of rotatable bonds is 3. The predicted molar refractivity (Wildman–Crippen MR) is 95.2 cm³/mol. The number of amides is 1. The van der Waals surface area contributed by atoms with Crippen LogP contribution in [0.1, 0.15) is 40.5 Å². The van der Waals surface area contributed by atoms with Gasteiger partial charge in [0.2, 0.25) is 5.29 Å². The number of halogens is 1. The third kappa shape index (κ3) is 7.03. The molecule has 0 N–H and O–H groups in total. The molecule has 1 heterocycles. The van der Waals surface area contributed by atoms with E-state index in [1.165, 1.54) is 6.20 Å². The molecule has 0 spiro atoms. The van der Waals surface area contributed by atoms with E-state index in [4.69, 9.17) is 16.3 Å². The van der Waals surface area contributed by atoms with Gasteiger partial charge in [-0.25, -0.2) is 14.8 Å². The van der Waals surface area contributed by atoms with Gasteiger partial charge in [0.1, 0.15) is 11.4 Å². The molecule has 0 atom stereocenters. The first-order valence-corrected chi connectivity index (χ1v) is 8.29. The van der Waals surface area contributed by atoms with Gasteiger partial charge in [0.15, 0.2) is 0 Å². The normalized spacial score (nSPS) is 17.3. The molecule has 0 aromatic carbocycles. The molecule has 1 rings (SSSR count). The molecule has 0 bridgehead atoms. The number of ether oxygens (including phenoxy) is 1. The van der Waals surface area contributed by atoms with E-state index < -0.39 is 5.60 Å². The third-order valence-corrected chi connectivity index (χ3v) is 3.37. The SMILES string of the molecule is C=CN=C(Cl)/N=C(\CCC)N1CCN(C(=O)OC(C)(C)C)CC1. The highest BCUT2D eigenvalue weighted by Crippen LogP contribution is 2.13. The number of nitrogens with zero attached hydrogens (tertiary/aromatic N) is 4. The summed E-state index contributed by atoms with van der Waals surface area (Å²) in [4.78, 5) is 24.2. The van der Waals surface area contributed by atoms with Gasteiger partial charge in [-0.05, 0) is 38.8 Å². The van der Waals surface area contributed by atoms with Crippen LogP contribution in [-0.4, -0.2) is 58.8 Å². The van der Waals surface area contributed by atoms with E-state index in [2.05, 4.69) is 28.4 Å². The molecule has 7 heteroatoms. The zero-order chi connectivity index (χ0) is 17.5. The van der Waals surface area contributed by atoms with Gasteiger partial charge in [0.25, 0.3) is 0 Å². The number of carbonyl (C=O) groups excluding carboxylic acids is 1. The van der Waals surface area contributed by atoms with Crippen LogP contribution >= 0.6 is 11.6 Å². The van der Waals surface area contributed by atoms with Gasteiger partial charge in [-0.15, -0.1) is 0 Å². The van der Waals surface area contributed by atoms with Gasteiger partial charge in [-0.2, -0.15) is 0 Å². The molecule has 130 valence electrons. The Morgan fingerprint density at radius 1 is 1.26 bits per heavy atom. The average molecular weight is 343 g/mol. The number of aliphatic imine (C=N–C) groups is 2. The minimum atomic E-state index is -0.474. The van der Waals surface area contributed by atoms with Crippen molar-refractivity contribution in [2.75, 3.05) is 26.2 Å². The summed E-state index contributed by atoms with van der Waals surface area (Å²) in [5.41, 5.74) is -0.474. The zero-order valence-corrected chi connectivity index (χ0v) is 15.3. The van der Waals surface area contributed by atoms with E-state index in [0.29, 0.717) is 26.2 Å². The van der Waals surface area contributed by atoms with Gasteiger partial charge in [-0.1, -0.05) is 13.5 Å². The van der Waals surface area contributed by atoms with Crippen LogP contribution in [-0.2, 0) is 4.74 Å². The summed E-state index contributed by atoms with van der Waals surface area (Å²) in [6.45, 7) is 13.8. The first-order valence-electron chi connectivity index (χ1n) is 7.91. The fraction of sp³-hybridized carbons (Fsp3) is 0.688. The number of carbonyl (C=O) groups is 1. The van der Waals surface area contributed by atoms with Crippen molar-refractivity contribution in [3.63, 3.8) is 0 Å². The Balaban J connectivity index is 2.67. The number of piperazine rings is 1. The summed E-state index contributed by atoms with van der Waals surface area (Å²) in [7, 11) is 0. The summed E-state index contributed by atoms with van der Waals surface area (Å²) in [5, 5.41) is 0.179. The van der Waals surface area contributed by atoms with Crippen molar-refractivity contribution in [3.8, 4) is 0 Å². The van der Waals surface area contributed by atoms with Gasteiger partial charge in [0.05, 0.1) is 0 Å². The molecule has 0 aromatic heterocycles. The fourth-order valence-corrected chi connectivity index (χ4v) is 2.36. The molecular formula is C16H27ClN4O2. The minimum Gasteiger partial charge on any atom is -0.444 e. The summed E-state index contributed by atoms with van der Waals surface area (Å²) in [5.74, 6) is 0.895. The predicted octanol–water partition coefficient (Wildman–Crippen LogP) is 3.48. The molecule has 1 amide bonds. The second kappa shape index (κ2) is 8.91. The smallest absolute Gasteiger partial charge is 0.410 e. The van der Waals surface area contributed by atoms with Crippen LogP contribution < -0.4 is 0 Å². The Bertz CT molecular complexity index is 475. The van der Waals surface area contributed by atoms with Crippen molar-refractivity contribution in [2.45, 2.75) is 46.1 Å².